The number of methoxy groups -OCH3 is 1. The molecule has 1 N–H and O–H groups in total. The van der Waals surface area contributed by atoms with Crippen molar-refractivity contribution in [3.8, 4) is 11.5 Å². The highest BCUT2D eigenvalue weighted by Crippen LogP contribution is 2.32. The van der Waals surface area contributed by atoms with Crippen LogP contribution in [0.4, 0.5) is 22.0 Å². The second-order valence-electron chi connectivity index (χ2n) is 3.55. The first-order valence-corrected chi connectivity index (χ1v) is 5.21. The normalized spacial score (nSPS) is 11.7. The van der Waals surface area contributed by atoms with Gasteiger partial charge in [-0.2, -0.15) is 22.0 Å². The SMILES string of the molecule is COc1cccc(CNCC(F)(F)F)c1OC(F)F. The van der Waals surface area contributed by atoms with E-state index in [9.17, 15) is 22.0 Å². The number of rotatable bonds is 6. The number of hydrogen-bond acceptors (Lipinski definition) is 3. The Morgan fingerprint density at radius 2 is 1.95 bits per heavy atom. The molecule has 1 rings (SSSR count). The lowest BCUT2D eigenvalue weighted by Crippen LogP contribution is -2.28. The molecule has 1 aromatic rings. The van der Waals surface area contributed by atoms with Gasteiger partial charge in [0.05, 0.1) is 13.7 Å². The minimum Gasteiger partial charge on any atom is -0.493 e. The predicted molar refractivity (Wildman–Crippen MR) is 57.4 cm³/mol. The molecule has 0 saturated heterocycles. The summed E-state index contributed by atoms with van der Waals surface area (Å²) in [6, 6.07) is 4.23. The van der Waals surface area contributed by atoms with Gasteiger partial charge in [-0.3, -0.25) is 0 Å². The number of ether oxygens (including phenoxy) is 2. The van der Waals surface area contributed by atoms with Gasteiger partial charge in [-0.05, 0) is 6.07 Å². The van der Waals surface area contributed by atoms with E-state index in [0.717, 1.165) is 0 Å². The van der Waals surface area contributed by atoms with E-state index in [2.05, 4.69) is 10.1 Å². The maximum Gasteiger partial charge on any atom is 0.401 e. The summed E-state index contributed by atoms with van der Waals surface area (Å²) < 4.78 is 69.5. The first-order chi connectivity index (χ1) is 8.83. The monoisotopic (exact) mass is 285 g/mol. The molecule has 8 heteroatoms. The molecular weight excluding hydrogens is 273 g/mol. The zero-order chi connectivity index (χ0) is 14.5. The minimum absolute atomic E-state index is 0.0339. The van der Waals surface area contributed by atoms with Gasteiger partial charge in [-0.1, -0.05) is 12.1 Å². The van der Waals surface area contributed by atoms with Crippen molar-refractivity contribution in [2.75, 3.05) is 13.7 Å². The molecule has 0 radical (unpaired) electrons. The quantitative estimate of drug-likeness (QED) is 0.815. The Balaban J connectivity index is 2.81. The molecular formula is C11H12F5NO2. The van der Waals surface area contributed by atoms with E-state index in [1.54, 1.807) is 0 Å². The van der Waals surface area contributed by atoms with Crippen LogP contribution >= 0.6 is 0 Å². The maximum absolute atomic E-state index is 12.3. The molecule has 0 heterocycles. The van der Waals surface area contributed by atoms with Crippen molar-refractivity contribution in [3.63, 3.8) is 0 Å². The highest BCUT2D eigenvalue weighted by Gasteiger charge is 2.26. The second kappa shape index (κ2) is 6.55. The molecule has 0 aromatic heterocycles. The molecule has 19 heavy (non-hydrogen) atoms. The van der Waals surface area contributed by atoms with Crippen LogP contribution in [0.5, 0.6) is 11.5 Å². The van der Waals surface area contributed by atoms with Crippen LogP contribution in [-0.2, 0) is 6.54 Å². The summed E-state index contributed by atoms with van der Waals surface area (Å²) in [5.41, 5.74) is 0.156. The predicted octanol–water partition coefficient (Wildman–Crippen LogP) is 2.95. The molecule has 0 spiro atoms. The first kappa shape index (κ1) is 15.5. The molecule has 0 bridgehead atoms. The lowest BCUT2D eigenvalue weighted by Gasteiger charge is -2.15. The Labute approximate surface area is 106 Å². The van der Waals surface area contributed by atoms with Crippen molar-refractivity contribution < 1.29 is 31.4 Å². The standard InChI is InChI=1S/C11H12F5NO2/c1-18-8-4-2-3-7(9(8)19-10(12)13)5-17-6-11(14,15)16/h2-4,10,17H,5-6H2,1H3. The third-order valence-corrected chi connectivity index (χ3v) is 2.13. The number of para-hydroxylation sites is 1. The van der Waals surface area contributed by atoms with Crippen LogP contribution in [0.2, 0.25) is 0 Å². The molecule has 108 valence electrons. The number of benzene rings is 1. The molecule has 0 unspecified atom stereocenters. The Kier molecular flexibility index (Phi) is 5.34. The topological polar surface area (TPSA) is 30.5 Å². The minimum atomic E-state index is -4.37. The van der Waals surface area contributed by atoms with Crippen molar-refractivity contribution in [1.82, 2.24) is 5.32 Å². The van der Waals surface area contributed by atoms with Gasteiger partial charge < -0.3 is 14.8 Å². The van der Waals surface area contributed by atoms with E-state index in [4.69, 9.17) is 4.74 Å². The van der Waals surface area contributed by atoms with Gasteiger partial charge in [0.1, 0.15) is 0 Å². The molecule has 0 atom stereocenters. The molecule has 0 saturated carbocycles. The Morgan fingerprint density at radius 1 is 1.26 bits per heavy atom. The van der Waals surface area contributed by atoms with Gasteiger partial charge in [-0.15, -0.1) is 0 Å². The Bertz CT molecular complexity index is 409. The molecule has 1 aromatic carbocycles. The molecule has 0 fully saturated rings. The molecule has 0 aliphatic rings. The lowest BCUT2D eigenvalue weighted by molar-refractivity contribution is -0.125. The number of alkyl halides is 5. The van der Waals surface area contributed by atoms with Crippen LogP contribution in [0.25, 0.3) is 0 Å². The summed E-state index contributed by atoms with van der Waals surface area (Å²) in [5.74, 6) is -0.235. The van der Waals surface area contributed by atoms with E-state index in [1.165, 1.54) is 25.3 Å². The van der Waals surface area contributed by atoms with Crippen molar-refractivity contribution in [3.05, 3.63) is 23.8 Å². The van der Waals surface area contributed by atoms with Gasteiger partial charge in [0, 0.05) is 12.1 Å². The second-order valence-corrected chi connectivity index (χ2v) is 3.55. The summed E-state index contributed by atoms with van der Waals surface area (Å²) >= 11 is 0. The summed E-state index contributed by atoms with van der Waals surface area (Å²) in [6.07, 6.45) is -4.37. The van der Waals surface area contributed by atoms with E-state index < -0.39 is 19.3 Å². The van der Waals surface area contributed by atoms with Crippen molar-refractivity contribution >= 4 is 0 Å². The average Bonchev–Trinajstić information content (AvgIpc) is 2.28. The fraction of sp³-hybridized carbons (Fsp3) is 0.455. The van der Waals surface area contributed by atoms with Crippen LogP contribution < -0.4 is 14.8 Å². The molecule has 0 aliphatic carbocycles. The van der Waals surface area contributed by atoms with E-state index >= 15 is 0 Å². The largest absolute Gasteiger partial charge is 0.493 e. The molecule has 0 aliphatic heterocycles. The van der Waals surface area contributed by atoms with Crippen molar-refractivity contribution in [2.45, 2.75) is 19.3 Å². The first-order valence-electron chi connectivity index (χ1n) is 5.21. The average molecular weight is 285 g/mol. The van der Waals surface area contributed by atoms with Crippen LogP contribution in [0, 0.1) is 0 Å². The Morgan fingerprint density at radius 3 is 2.47 bits per heavy atom. The maximum atomic E-state index is 12.3. The molecule has 3 nitrogen and oxygen atoms in total. The third-order valence-electron chi connectivity index (χ3n) is 2.13. The van der Waals surface area contributed by atoms with Gasteiger partial charge in [0.25, 0.3) is 0 Å². The summed E-state index contributed by atoms with van der Waals surface area (Å²) in [6.45, 7) is -4.57. The summed E-state index contributed by atoms with van der Waals surface area (Å²) in [7, 11) is 1.25. The highest BCUT2D eigenvalue weighted by molar-refractivity contribution is 5.46. The van der Waals surface area contributed by atoms with Gasteiger partial charge in [-0.25, -0.2) is 0 Å². The van der Waals surface area contributed by atoms with Gasteiger partial charge in [0.2, 0.25) is 0 Å². The number of halogens is 5. The number of hydrogen-bond donors (Lipinski definition) is 1. The third kappa shape index (κ3) is 5.29. The zero-order valence-electron chi connectivity index (χ0n) is 9.93. The van der Waals surface area contributed by atoms with Crippen LogP contribution in [0.1, 0.15) is 5.56 Å². The molecule has 0 amide bonds. The zero-order valence-corrected chi connectivity index (χ0v) is 9.93. The van der Waals surface area contributed by atoms with E-state index in [0.29, 0.717) is 0 Å². The fourth-order valence-electron chi connectivity index (χ4n) is 1.42. The van der Waals surface area contributed by atoms with Gasteiger partial charge >= 0.3 is 12.8 Å². The highest BCUT2D eigenvalue weighted by atomic mass is 19.4. The smallest absolute Gasteiger partial charge is 0.401 e. The van der Waals surface area contributed by atoms with E-state index in [-0.39, 0.29) is 23.6 Å². The van der Waals surface area contributed by atoms with Crippen LogP contribution in [0.3, 0.4) is 0 Å². The van der Waals surface area contributed by atoms with Crippen molar-refractivity contribution in [2.24, 2.45) is 0 Å². The lowest BCUT2D eigenvalue weighted by atomic mass is 10.2. The summed E-state index contributed by atoms with van der Waals surface area (Å²) in [4.78, 5) is 0. The number of nitrogens with one attached hydrogen (secondary N) is 1. The van der Waals surface area contributed by atoms with Crippen LogP contribution in [0.15, 0.2) is 18.2 Å². The fourth-order valence-corrected chi connectivity index (χ4v) is 1.42. The van der Waals surface area contributed by atoms with E-state index in [1.807, 2.05) is 0 Å². The van der Waals surface area contributed by atoms with Crippen LogP contribution in [-0.4, -0.2) is 26.4 Å². The van der Waals surface area contributed by atoms with Gasteiger partial charge in [0.15, 0.2) is 11.5 Å². The van der Waals surface area contributed by atoms with Crippen molar-refractivity contribution in [1.29, 1.82) is 0 Å². The summed E-state index contributed by atoms with van der Waals surface area (Å²) in [5, 5.41) is 2.10. The Hall–Kier alpha value is -1.57.